The summed E-state index contributed by atoms with van der Waals surface area (Å²) in [6.45, 7) is 0. The molecule has 0 atom stereocenters. The summed E-state index contributed by atoms with van der Waals surface area (Å²) in [5, 5.41) is 4.62. The van der Waals surface area contributed by atoms with Crippen LogP contribution in [0, 0.1) is 0 Å². The monoisotopic (exact) mass is 639 g/mol. The summed E-state index contributed by atoms with van der Waals surface area (Å²) in [7, 11) is 0. The molecule has 10 aromatic rings. The second kappa shape index (κ2) is 11.4. The van der Waals surface area contributed by atoms with E-state index in [4.69, 9.17) is 14.4 Å². The molecule has 4 heteroatoms. The Labute approximate surface area is 288 Å². The van der Waals surface area contributed by atoms with E-state index < -0.39 is 0 Å². The number of hydrogen-bond donors (Lipinski definition) is 0. The van der Waals surface area contributed by atoms with Crippen molar-refractivity contribution in [3.63, 3.8) is 0 Å². The van der Waals surface area contributed by atoms with Crippen molar-refractivity contribution in [3.8, 4) is 50.7 Å². The third kappa shape index (κ3) is 4.69. The van der Waals surface area contributed by atoms with Gasteiger partial charge in [0, 0.05) is 43.9 Å². The fourth-order valence-corrected chi connectivity index (χ4v) is 7.21. The maximum absolute atomic E-state index is 6.49. The minimum absolute atomic E-state index is 0.653. The van der Waals surface area contributed by atoms with Crippen molar-refractivity contribution in [1.82, 2.24) is 14.5 Å². The van der Waals surface area contributed by atoms with E-state index in [1.807, 2.05) is 24.3 Å². The molecule has 234 valence electrons. The molecule has 0 amide bonds. The third-order valence-corrected chi connectivity index (χ3v) is 9.61. The molecule has 0 saturated carbocycles. The van der Waals surface area contributed by atoms with Crippen LogP contribution < -0.4 is 0 Å². The number of aromatic nitrogens is 3. The Balaban J connectivity index is 1.11. The lowest BCUT2D eigenvalue weighted by atomic mass is 10.0. The molecule has 3 heterocycles. The highest BCUT2D eigenvalue weighted by molar-refractivity contribution is 6.10. The lowest BCUT2D eigenvalue weighted by Crippen LogP contribution is -1.96. The number of nitrogens with zero attached hydrogens (tertiary/aromatic N) is 3. The van der Waals surface area contributed by atoms with Crippen LogP contribution in [0.1, 0.15) is 0 Å². The molecule has 0 fully saturated rings. The van der Waals surface area contributed by atoms with Crippen molar-refractivity contribution in [3.05, 3.63) is 176 Å². The van der Waals surface area contributed by atoms with E-state index >= 15 is 0 Å². The van der Waals surface area contributed by atoms with Crippen LogP contribution in [0.4, 0.5) is 0 Å². The molecule has 3 aromatic heterocycles. The largest absolute Gasteiger partial charge is 0.456 e. The smallest absolute Gasteiger partial charge is 0.160 e. The molecular weight excluding hydrogens is 611 g/mol. The van der Waals surface area contributed by atoms with Gasteiger partial charge in [-0.3, -0.25) is 0 Å². The van der Waals surface area contributed by atoms with Gasteiger partial charge in [0.15, 0.2) is 5.82 Å². The minimum Gasteiger partial charge on any atom is -0.456 e. The summed E-state index contributed by atoms with van der Waals surface area (Å²) in [6.07, 6.45) is 0. The highest BCUT2D eigenvalue weighted by Gasteiger charge is 2.16. The van der Waals surface area contributed by atoms with Gasteiger partial charge in [0.2, 0.25) is 0 Å². The molecule has 50 heavy (non-hydrogen) atoms. The molecule has 0 aliphatic heterocycles. The van der Waals surface area contributed by atoms with Gasteiger partial charge in [-0.15, -0.1) is 0 Å². The molecule has 0 aliphatic rings. The van der Waals surface area contributed by atoms with Crippen molar-refractivity contribution < 1.29 is 4.42 Å². The number of benzene rings is 7. The summed E-state index contributed by atoms with van der Waals surface area (Å²) in [6, 6.07) is 61.3. The van der Waals surface area contributed by atoms with Crippen molar-refractivity contribution in [2.45, 2.75) is 0 Å². The Hall–Kier alpha value is -6.78. The van der Waals surface area contributed by atoms with Gasteiger partial charge >= 0.3 is 0 Å². The topological polar surface area (TPSA) is 43.9 Å². The Kier molecular flexibility index (Phi) is 6.46. The molecule has 0 radical (unpaired) electrons. The first-order valence-electron chi connectivity index (χ1n) is 16.8. The summed E-state index contributed by atoms with van der Waals surface area (Å²) in [5.74, 6) is 0.653. The minimum atomic E-state index is 0.653. The van der Waals surface area contributed by atoms with Crippen molar-refractivity contribution in [2.24, 2.45) is 0 Å². The van der Waals surface area contributed by atoms with Gasteiger partial charge in [0.25, 0.3) is 0 Å². The molecule has 0 bridgehead atoms. The molecule has 7 aromatic carbocycles. The molecule has 4 nitrogen and oxygen atoms in total. The maximum Gasteiger partial charge on any atom is 0.160 e. The molecule has 0 unspecified atom stereocenters. The molecule has 0 N–H and O–H groups in total. The van der Waals surface area contributed by atoms with Crippen LogP contribution in [0.3, 0.4) is 0 Å². The summed E-state index contributed by atoms with van der Waals surface area (Å²) in [5.41, 5.74) is 12.2. The predicted octanol–water partition coefficient (Wildman–Crippen LogP) is 12.1. The lowest BCUT2D eigenvalue weighted by Gasteiger charge is -2.11. The SMILES string of the molecule is c1ccc(-c2cccc(-c3cc(-c4ccccc4)nc(-c4ccc5c(c4)oc4ccc(-n6c7ccccc7c7ccccc76)cc45)n3)c2)cc1. The lowest BCUT2D eigenvalue weighted by molar-refractivity contribution is 0.669. The van der Waals surface area contributed by atoms with Crippen molar-refractivity contribution >= 4 is 43.7 Å². The second-order valence-electron chi connectivity index (χ2n) is 12.6. The van der Waals surface area contributed by atoms with Gasteiger partial charge in [-0.2, -0.15) is 0 Å². The first-order valence-corrected chi connectivity index (χ1v) is 16.8. The standard InChI is InChI=1S/C46H29N3O/c1-3-12-30(13-4-1)32-16-11-17-33(26-32)41-29-40(31-14-5-2-6-15-31)47-46(48-41)34-22-24-38-39-28-35(23-25-44(39)50-45(38)27-34)49-42-20-9-7-18-36(42)37-19-8-10-21-43(37)49/h1-29H. The van der Waals surface area contributed by atoms with Crippen molar-refractivity contribution in [1.29, 1.82) is 0 Å². The van der Waals surface area contributed by atoms with E-state index in [-0.39, 0.29) is 0 Å². The van der Waals surface area contributed by atoms with Gasteiger partial charge in [0.05, 0.1) is 22.4 Å². The molecule has 0 saturated heterocycles. The van der Waals surface area contributed by atoms with Gasteiger partial charge in [-0.05, 0) is 65.7 Å². The highest BCUT2D eigenvalue weighted by Crippen LogP contribution is 2.37. The molecular formula is C46H29N3O. The van der Waals surface area contributed by atoms with Crippen LogP contribution in [-0.4, -0.2) is 14.5 Å². The average Bonchev–Trinajstić information content (AvgIpc) is 3.73. The molecule has 0 aliphatic carbocycles. The maximum atomic E-state index is 6.49. The Morgan fingerprint density at radius 1 is 0.360 bits per heavy atom. The molecule has 10 rings (SSSR count). The number of rotatable bonds is 5. The van der Waals surface area contributed by atoms with Crippen molar-refractivity contribution in [2.75, 3.05) is 0 Å². The normalized spacial score (nSPS) is 11.6. The van der Waals surface area contributed by atoms with E-state index in [1.165, 1.54) is 27.4 Å². The molecule has 0 spiro atoms. The Morgan fingerprint density at radius 3 is 1.72 bits per heavy atom. The number of hydrogen-bond acceptors (Lipinski definition) is 3. The van der Waals surface area contributed by atoms with Crippen LogP contribution in [0.5, 0.6) is 0 Å². The van der Waals surface area contributed by atoms with Gasteiger partial charge in [0.1, 0.15) is 11.2 Å². The van der Waals surface area contributed by atoms with Gasteiger partial charge in [-0.25, -0.2) is 9.97 Å². The predicted molar refractivity (Wildman–Crippen MR) is 205 cm³/mol. The van der Waals surface area contributed by atoms with Gasteiger partial charge in [-0.1, -0.05) is 121 Å². The van der Waals surface area contributed by atoms with Crippen LogP contribution in [-0.2, 0) is 0 Å². The number of para-hydroxylation sites is 2. The highest BCUT2D eigenvalue weighted by atomic mass is 16.3. The zero-order chi connectivity index (χ0) is 33.0. The Morgan fingerprint density at radius 2 is 0.980 bits per heavy atom. The average molecular weight is 640 g/mol. The van der Waals surface area contributed by atoms with E-state index in [0.717, 1.165) is 61.3 Å². The zero-order valence-electron chi connectivity index (χ0n) is 27.0. The summed E-state index contributed by atoms with van der Waals surface area (Å²) in [4.78, 5) is 10.2. The second-order valence-corrected chi connectivity index (χ2v) is 12.6. The van der Waals surface area contributed by atoms with E-state index in [0.29, 0.717) is 5.82 Å². The third-order valence-electron chi connectivity index (χ3n) is 9.61. The van der Waals surface area contributed by atoms with Crippen LogP contribution in [0.2, 0.25) is 0 Å². The van der Waals surface area contributed by atoms with Crippen LogP contribution in [0.25, 0.3) is 94.5 Å². The van der Waals surface area contributed by atoms with Crippen LogP contribution >= 0.6 is 0 Å². The number of furan rings is 1. The van der Waals surface area contributed by atoms with E-state index in [2.05, 4.69) is 156 Å². The number of fused-ring (bicyclic) bond motifs is 6. The van der Waals surface area contributed by atoms with Gasteiger partial charge < -0.3 is 8.98 Å². The van der Waals surface area contributed by atoms with Crippen LogP contribution in [0.15, 0.2) is 180 Å². The first kappa shape index (κ1) is 28.3. The summed E-state index contributed by atoms with van der Waals surface area (Å²) < 4.78 is 8.83. The first-order chi connectivity index (χ1) is 24.8. The zero-order valence-corrected chi connectivity index (χ0v) is 27.0. The fourth-order valence-electron chi connectivity index (χ4n) is 7.21. The fraction of sp³-hybridized carbons (Fsp3) is 0. The summed E-state index contributed by atoms with van der Waals surface area (Å²) >= 11 is 0. The van der Waals surface area contributed by atoms with E-state index in [1.54, 1.807) is 0 Å². The quantitative estimate of drug-likeness (QED) is 0.188. The van der Waals surface area contributed by atoms with E-state index in [9.17, 15) is 0 Å². The Bertz CT molecular complexity index is 2810.